The Kier molecular flexibility index (Phi) is 3.27. The van der Waals surface area contributed by atoms with Crippen LogP contribution in [0.1, 0.15) is 30.0 Å². The number of pyridine rings is 1. The van der Waals surface area contributed by atoms with E-state index in [1.807, 2.05) is 48.7 Å². The van der Waals surface area contributed by atoms with Gasteiger partial charge in [0.15, 0.2) is 0 Å². The van der Waals surface area contributed by atoms with Crippen molar-refractivity contribution < 1.29 is 4.79 Å². The van der Waals surface area contributed by atoms with Gasteiger partial charge in [-0.15, -0.1) is 0 Å². The summed E-state index contributed by atoms with van der Waals surface area (Å²) in [7, 11) is 0. The molecule has 0 spiro atoms. The molecule has 3 nitrogen and oxygen atoms in total. The fourth-order valence-electron chi connectivity index (χ4n) is 2.16. The second-order valence-electron chi connectivity index (χ2n) is 4.91. The summed E-state index contributed by atoms with van der Waals surface area (Å²) in [6, 6.07) is 13.8. The van der Waals surface area contributed by atoms with Gasteiger partial charge < -0.3 is 5.32 Å². The van der Waals surface area contributed by atoms with Gasteiger partial charge in [-0.25, -0.2) is 0 Å². The number of nitrogens with zero attached hydrogens (tertiary/aromatic N) is 1. The van der Waals surface area contributed by atoms with Crippen molar-refractivity contribution in [2.75, 3.05) is 0 Å². The summed E-state index contributed by atoms with van der Waals surface area (Å²) < 4.78 is 0. The molecule has 19 heavy (non-hydrogen) atoms. The second-order valence-corrected chi connectivity index (χ2v) is 4.91. The zero-order valence-electron chi connectivity index (χ0n) is 10.6. The molecule has 0 radical (unpaired) electrons. The summed E-state index contributed by atoms with van der Waals surface area (Å²) in [4.78, 5) is 16.2. The maximum Gasteiger partial charge on any atom is 0.223 e. The molecule has 0 saturated heterocycles. The number of carbonyl (C=O) groups is 1. The molecule has 1 aromatic heterocycles. The lowest BCUT2D eigenvalue weighted by atomic mass is 10.00. The van der Waals surface area contributed by atoms with E-state index >= 15 is 0 Å². The first-order valence-electron chi connectivity index (χ1n) is 6.60. The van der Waals surface area contributed by atoms with Crippen LogP contribution in [0.5, 0.6) is 0 Å². The molecule has 0 bridgehead atoms. The summed E-state index contributed by atoms with van der Waals surface area (Å²) in [5.41, 5.74) is 2.10. The minimum absolute atomic E-state index is 0.108. The first-order chi connectivity index (χ1) is 9.34. The molecule has 1 saturated carbocycles. The third kappa shape index (κ3) is 2.81. The van der Waals surface area contributed by atoms with E-state index in [1.165, 1.54) is 0 Å². The molecule has 1 heterocycles. The van der Waals surface area contributed by atoms with Crippen molar-refractivity contribution in [3.8, 4) is 0 Å². The maximum atomic E-state index is 12.0. The Morgan fingerprint density at radius 1 is 1.11 bits per heavy atom. The number of benzene rings is 1. The zero-order chi connectivity index (χ0) is 13.1. The van der Waals surface area contributed by atoms with Gasteiger partial charge in [0.2, 0.25) is 5.91 Å². The number of amides is 1. The van der Waals surface area contributed by atoms with E-state index in [1.54, 1.807) is 6.20 Å². The van der Waals surface area contributed by atoms with Gasteiger partial charge >= 0.3 is 0 Å². The van der Waals surface area contributed by atoms with Crippen molar-refractivity contribution in [3.63, 3.8) is 0 Å². The van der Waals surface area contributed by atoms with Crippen molar-refractivity contribution in [1.82, 2.24) is 10.3 Å². The lowest BCUT2D eigenvalue weighted by molar-refractivity contribution is -0.122. The van der Waals surface area contributed by atoms with Gasteiger partial charge in [-0.3, -0.25) is 9.78 Å². The number of rotatable bonds is 4. The van der Waals surface area contributed by atoms with E-state index in [2.05, 4.69) is 10.3 Å². The van der Waals surface area contributed by atoms with Crippen LogP contribution < -0.4 is 5.32 Å². The molecule has 1 aromatic carbocycles. The smallest absolute Gasteiger partial charge is 0.223 e. The Hall–Kier alpha value is -2.16. The average molecular weight is 252 g/mol. The van der Waals surface area contributed by atoms with Gasteiger partial charge in [-0.05, 0) is 30.0 Å². The van der Waals surface area contributed by atoms with Crippen molar-refractivity contribution in [2.24, 2.45) is 5.92 Å². The van der Waals surface area contributed by atoms with E-state index in [0.29, 0.717) is 0 Å². The van der Waals surface area contributed by atoms with E-state index in [-0.39, 0.29) is 17.9 Å². The molecular weight excluding hydrogens is 236 g/mol. The lowest BCUT2D eigenvalue weighted by Crippen LogP contribution is -2.30. The summed E-state index contributed by atoms with van der Waals surface area (Å²) in [5, 5.41) is 3.13. The molecule has 1 fully saturated rings. The Bertz CT molecular complexity index is 510. The predicted molar refractivity (Wildman–Crippen MR) is 73.4 cm³/mol. The molecule has 1 amide bonds. The molecule has 3 heteroatoms. The fraction of sp³-hybridized carbons (Fsp3) is 0.250. The van der Waals surface area contributed by atoms with Crippen LogP contribution in [-0.2, 0) is 4.79 Å². The first-order valence-corrected chi connectivity index (χ1v) is 6.60. The molecule has 0 aliphatic heterocycles. The average Bonchev–Trinajstić information content (AvgIpc) is 3.31. The number of aromatic nitrogens is 1. The summed E-state index contributed by atoms with van der Waals surface area (Å²) in [6.07, 6.45) is 5.58. The summed E-state index contributed by atoms with van der Waals surface area (Å²) >= 11 is 0. The highest BCUT2D eigenvalue weighted by Gasteiger charge is 2.31. The van der Waals surface area contributed by atoms with Gasteiger partial charge in [-0.2, -0.15) is 0 Å². The second kappa shape index (κ2) is 5.22. The van der Waals surface area contributed by atoms with Crippen LogP contribution in [0.25, 0.3) is 0 Å². The normalized spacial score (nSPS) is 15.8. The van der Waals surface area contributed by atoms with Crippen LogP contribution in [0.4, 0.5) is 0 Å². The highest BCUT2D eigenvalue weighted by atomic mass is 16.2. The Labute approximate surface area is 112 Å². The number of carbonyl (C=O) groups excluding carboxylic acids is 1. The van der Waals surface area contributed by atoms with Gasteiger partial charge in [-0.1, -0.05) is 36.4 Å². The minimum atomic E-state index is -0.108. The van der Waals surface area contributed by atoms with E-state index in [4.69, 9.17) is 0 Å². The number of hydrogen-bond donors (Lipinski definition) is 1. The quantitative estimate of drug-likeness (QED) is 0.909. The fourth-order valence-corrected chi connectivity index (χ4v) is 2.16. The molecule has 1 unspecified atom stereocenters. The minimum Gasteiger partial charge on any atom is -0.345 e. The zero-order valence-corrected chi connectivity index (χ0v) is 10.6. The monoisotopic (exact) mass is 252 g/mol. The highest BCUT2D eigenvalue weighted by Crippen LogP contribution is 2.31. The number of hydrogen-bond acceptors (Lipinski definition) is 2. The molecule has 3 rings (SSSR count). The van der Waals surface area contributed by atoms with Gasteiger partial charge in [0.25, 0.3) is 0 Å². The van der Waals surface area contributed by atoms with Crippen LogP contribution >= 0.6 is 0 Å². The summed E-state index contributed by atoms with van der Waals surface area (Å²) in [5.74, 6) is 0.362. The maximum absolute atomic E-state index is 12.0. The molecule has 1 aliphatic carbocycles. The first kappa shape index (κ1) is 11.9. The van der Waals surface area contributed by atoms with Crippen LogP contribution in [0.2, 0.25) is 0 Å². The Morgan fingerprint density at radius 3 is 2.47 bits per heavy atom. The van der Waals surface area contributed by atoms with E-state index in [0.717, 1.165) is 24.0 Å². The van der Waals surface area contributed by atoms with Crippen LogP contribution in [0, 0.1) is 5.92 Å². The topological polar surface area (TPSA) is 42.0 Å². The predicted octanol–water partition coefficient (Wildman–Crippen LogP) is 2.70. The van der Waals surface area contributed by atoms with Crippen molar-refractivity contribution in [3.05, 3.63) is 66.0 Å². The standard InChI is InChI=1S/C16H16N2O/c19-16(13-8-9-13)18-15(12-5-2-1-3-6-12)14-7-4-10-17-11-14/h1-7,10-11,13,15H,8-9H2,(H,18,19). The summed E-state index contributed by atoms with van der Waals surface area (Å²) in [6.45, 7) is 0. The van der Waals surface area contributed by atoms with Crippen molar-refractivity contribution >= 4 is 5.91 Å². The van der Waals surface area contributed by atoms with Crippen molar-refractivity contribution in [1.29, 1.82) is 0 Å². The largest absolute Gasteiger partial charge is 0.345 e. The van der Waals surface area contributed by atoms with Crippen LogP contribution in [0.3, 0.4) is 0 Å². The van der Waals surface area contributed by atoms with E-state index in [9.17, 15) is 4.79 Å². The lowest BCUT2D eigenvalue weighted by Gasteiger charge is -2.19. The Balaban J connectivity index is 1.89. The van der Waals surface area contributed by atoms with Gasteiger partial charge in [0.05, 0.1) is 6.04 Å². The molecule has 1 aliphatic rings. The number of nitrogens with one attached hydrogen (secondary N) is 1. The molecule has 2 aromatic rings. The van der Waals surface area contributed by atoms with Gasteiger partial charge in [0.1, 0.15) is 0 Å². The van der Waals surface area contributed by atoms with Crippen LogP contribution in [-0.4, -0.2) is 10.9 Å². The van der Waals surface area contributed by atoms with Gasteiger partial charge in [0, 0.05) is 18.3 Å². The molecular formula is C16H16N2O. The molecule has 96 valence electrons. The van der Waals surface area contributed by atoms with Crippen molar-refractivity contribution in [2.45, 2.75) is 18.9 Å². The SMILES string of the molecule is O=C(NC(c1ccccc1)c1cccnc1)C1CC1. The molecule has 1 N–H and O–H groups in total. The highest BCUT2D eigenvalue weighted by molar-refractivity contribution is 5.81. The van der Waals surface area contributed by atoms with Crippen LogP contribution in [0.15, 0.2) is 54.9 Å². The third-order valence-electron chi connectivity index (χ3n) is 3.39. The third-order valence-corrected chi connectivity index (χ3v) is 3.39. The van der Waals surface area contributed by atoms with E-state index < -0.39 is 0 Å². The Morgan fingerprint density at radius 2 is 1.84 bits per heavy atom. The molecule has 1 atom stereocenters.